The lowest BCUT2D eigenvalue weighted by Crippen LogP contribution is -2.38. The van der Waals surface area contributed by atoms with Gasteiger partial charge in [0.15, 0.2) is 5.96 Å². The van der Waals surface area contributed by atoms with Gasteiger partial charge in [-0.2, -0.15) is 0 Å². The van der Waals surface area contributed by atoms with Crippen molar-refractivity contribution in [1.82, 2.24) is 10.6 Å². The Morgan fingerprint density at radius 1 is 1.25 bits per heavy atom. The van der Waals surface area contributed by atoms with Gasteiger partial charge in [0.05, 0.1) is 0 Å². The van der Waals surface area contributed by atoms with Crippen molar-refractivity contribution >= 4 is 41.7 Å². The second-order valence-corrected chi connectivity index (χ2v) is 7.64. The fraction of sp³-hybridized carbons (Fsp3) is 0.650. The van der Waals surface area contributed by atoms with Crippen LogP contribution in [0.5, 0.6) is 0 Å². The van der Waals surface area contributed by atoms with Crippen molar-refractivity contribution in [2.45, 2.75) is 31.1 Å². The highest BCUT2D eigenvalue weighted by atomic mass is 127. The molecule has 0 radical (unpaired) electrons. The summed E-state index contributed by atoms with van der Waals surface area (Å²) in [5.41, 5.74) is 0. The number of benzene rings is 1. The minimum atomic E-state index is -0.198. The maximum absolute atomic E-state index is 12.9. The Kier molecular flexibility index (Phi) is 14.8. The first-order valence-corrected chi connectivity index (χ1v) is 10.8. The summed E-state index contributed by atoms with van der Waals surface area (Å²) in [4.78, 5) is 5.66. The smallest absolute Gasteiger partial charge is 0.191 e. The van der Waals surface area contributed by atoms with Gasteiger partial charge in [-0.25, -0.2) is 4.39 Å². The van der Waals surface area contributed by atoms with Crippen molar-refractivity contribution in [2.75, 3.05) is 51.8 Å². The van der Waals surface area contributed by atoms with Crippen LogP contribution in [0, 0.1) is 11.7 Å². The molecular formula is C20H33FIN3O2S. The Hall–Kier alpha value is -0.580. The number of hydrogen-bond acceptors (Lipinski definition) is 4. The third-order valence-electron chi connectivity index (χ3n) is 4.23. The molecule has 28 heavy (non-hydrogen) atoms. The highest BCUT2D eigenvalue weighted by Gasteiger charge is 2.13. The summed E-state index contributed by atoms with van der Waals surface area (Å²) in [5.74, 6) is 2.18. The molecular weight excluding hydrogens is 492 g/mol. The number of nitrogens with one attached hydrogen (secondary N) is 2. The van der Waals surface area contributed by atoms with E-state index in [9.17, 15) is 4.39 Å². The maximum Gasteiger partial charge on any atom is 0.191 e. The fourth-order valence-corrected chi connectivity index (χ4v) is 3.50. The number of guanidine groups is 1. The average molecular weight is 525 g/mol. The van der Waals surface area contributed by atoms with Gasteiger partial charge in [0.25, 0.3) is 0 Å². The molecule has 0 amide bonds. The first-order chi connectivity index (χ1) is 13.3. The van der Waals surface area contributed by atoms with Crippen LogP contribution >= 0.6 is 35.7 Å². The van der Waals surface area contributed by atoms with E-state index in [2.05, 4.69) is 22.5 Å². The van der Waals surface area contributed by atoms with Crippen molar-refractivity contribution in [3.63, 3.8) is 0 Å². The fourth-order valence-electron chi connectivity index (χ4n) is 2.73. The molecule has 0 saturated carbocycles. The van der Waals surface area contributed by atoms with E-state index in [0.29, 0.717) is 5.92 Å². The lowest BCUT2D eigenvalue weighted by molar-refractivity contribution is 0.0205. The molecule has 1 heterocycles. The highest BCUT2D eigenvalue weighted by Crippen LogP contribution is 2.17. The van der Waals surface area contributed by atoms with Crippen LogP contribution in [0.4, 0.5) is 4.39 Å². The number of thioether (sulfide) groups is 1. The van der Waals surface area contributed by atoms with Crippen molar-refractivity contribution in [1.29, 1.82) is 0 Å². The minimum Gasteiger partial charge on any atom is -0.381 e. The van der Waals surface area contributed by atoms with Crippen LogP contribution in [0.3, 0.4) is 0 Å². The van der Waals surface area contributed by atoms with Gasteiger partial charge in [0.2, 0.25) is 0 Å². The van der Waals surface area contributed by atoms with E-state index < -0.39 is 0 Å². The van der Waals surface area contributed by atoms with Crippen molar-refractivity contribution < 1.29 is 13.9 Å². The van der Waals surface area contributed by atoms with Crippen LogP contribution in [-0.4, -0.2) is 57.8 Å². The monoisotopic (exact) mass is 525 g/mol. The molecule has 0 bridgehead atoms. The van der Waals surface area contributed by atoms with Crippen LogP contribution in [-0.2, 0) is 9.47 Å². The molecule has 1 fully saturated rings. The van der Waals surface area contributed by atoms with Gasteiger partial charge in [0.1, 0.15) is 5.82 Å². The Morgan fingerprint density at radius 3 is 2.71 bits per heavy atom. The quantitative estimate of drug-likeness (QED) is 0.151. The summed E-state index contributed by atoms with van der Waals surface area (Å²) in [7, 11) is 0. The van der Waals surface area contributed by atoms with Crippen LogP contribution in [0.1, 0.15) is 26.2 Å². The predicted molar refractivity (Wildman–Crippen MR) is 125 cm³/mol. The van der Waals surface area contributed by atoms with E-state index in [1.165, 1.54) is 12.1 Å². The first-order valence-electron chi connectivity index (χ1n) is 9.84. The van der Waals surface area contributed by atoms with E-state index in [4.69, 9.17) is 9.47 Å². The number of halogens is 2. The van der Waals surface area contributed by atoms with Gasteiger partial charge < -0.3 is 20.1 Å². The zero-order chi connectivity index (χ0) is 19.2. The summed E-state index contributed by atoms with van der Waals surface area (Å²) >= 11 is 1.70. The molecule has 2 rings (SSSR count). The zero-order valence-electron chi connectivity index (χ0n) is 16.6. The molecule has 1 aliphatic heterocycles. The molecule has 0 spiro atoms. The third-order valence-corrected chi connectivity index (χ3v) is 5.25. The number of aliphatic imine (C=N–C) groups is 1. The van der Waals surface area contributed by atoms with Gasteiger partial charge >= 0.3 is 0 Å². The van der Waals surface area contributed by atoms with E-state index in [1.54, 1.807) is 23.9 Å². The molecule has 2 N–H and O–H groups in total. The van der Waals surface area contributed by atoms with Crippen LogP contribution in [0.15, 0.2) is 34.2 Å². The molecule has 0 atom stereocenters. The van der Waals surface area contributed by atoms with E-state index in [-0.39, 0.29) is 29.8 Å². The first kappa shape index (κ1) is 25.5. The summed E-state index contributed by atoms with van der Waals surface area (Å²) in [6.45, 7) is 7.76. The van der Waals surface area contributed by atoms with Crippen LogP contribution < -0.4 is 10.6 Å². The number of nitrogens with zero attached hydrogens (tertiary/aromatic N) is 1. The SMILES string of the molecule is CCNC(=NCCCOCC1CCOCC1)NCCSc1ccc(F)cc1.I. The summed E-state index contributed by atoms with van der Waals surface area (Å²) in [5, 5.41) is 6.59. The van der Waals surface area contributed by atoms with E-state index in [1.807, 2.05) is 0 Å². The molecule has 160 valence electrons. The average Bonchev–Trinajstić information content (AvgIpc) is 2.70. The van der Waals surface area contributed by atoms with Crippen molar-refractivity contribution in [3.8, 4) is 0 Å². The normalized spacial score (nSPS) is 15.1. The van der Waals surface area contributed by atoms with E-state index >= 15 is 0 Å². The van der Waals surface area contributed by atoms with Gasteiger partial charge in [0, 0.05) is 56.7 Å². The highest BCUT2D eigenvalue weighted by molar-refractivity contribution is 14.0. The maximum atomic E-state index is 12.9. The second kappa shape index (κ2) is 16.2. The number of ether oxygens (including phenoxy) is 2. The van der Waals surface area contributed by atoms with E-state index in [0.717, 1.165) is 81.9 Å². The van der Waals surface area contributed by atoms with Gasteiger partial charge in [-0.3, -0.25) is 4.99 Å². The number of rotatable bonds is 11. The van der Waals surface area contributed by atoms with Gasteiger partial charge in [-0.1, -0.05) is 0 Å². The summed E-state index contributed by atoms with van der Waals surface area (Å²) in [6, 6.07) is 6.59. The second-order valence-electron chi connectivity index (χ2n) is 6.47. The zero-order valence-corrected chi connectivity index (χ0v) is 19.8. The molecule has 5 nitrogen and oxygen atoms in total. The predicted octanol–water partition coefficient (Wildman–Crippen LogP) is 3.92. The summed E-state index contributed by atoms with van der Waals surface area (Å²) in [6.07, 6.45) is 3.15. The molecule has 0 aromatic heterocycles. The molecule has 0 unspecified atom stereocenters. The molecule has 1 aliphatic rings. The Bertz CT molecular complexity index is 543. The summed E-state index contributed by atoms with van der Waals surface area (Å²) < 4.78 is 24.0. The van der Waals surface area contributed by atoms with Crippen LogP contribution in [0.25, 0.3) is 0 Å². The minimum absolute atomic E-state index is 0. The van der Waals surface area contributed by atoms with Crippen LogP contribution in [0.2, 0.25) is 0 Å². The largest absolute Gasteiger partial charge is 0.381 e. The van der Waals surface area contributed by atoms with Crippen molar-refractivity contribution in [3.05, 3.63) is 30.1 Å². The van der Waals surface area contributed by atoms with Crippen molar-refractivity contribution in [2.24, 2.45) is 10.9 Å². The topological polar surface area (TPSA) is 54.9 Å². The standard InChI is InChI=1S/C20H32FN3O2S.HI/c1-2-22-20(24-11-15-27-19-6-4-18(21)5-7-19)23-10-3-12-26-16-17-8-13-25-14-9-17;/h4-7,17H,2-3,8-16H2,1H3,(H2,22,23,24);1H. The lowest BCUT2D eigenvalue weighted by atomic mass is 10.0. The molecule has 1 saturated heterocycles. The number of hydrogen-bond donors (Lipinski definition) is 2. The molecule has 1 aromatic carbocycles. The molecule has 0 aliphatic carbocycles. The Labute approximate surface area is 189 Å². The molecule has 8 heteroatoms. The third kappa shape index (κ3) is 11.4. The Morgan fingerprint density at radius 2 is 2.00 bits per heavy atom. The van der Waals surface area contributed by atoms with Gasteiger partial charge in [-0.05, 0) is 56.4 Å². The Balaban J connectivity index is 0.00000392. The lowest BCUT2D eigenvalue weighted by Gasteiger charge is -2.21. The van der Waals surface area contributed by atoms with Gasteiger partial charge in [-0.15, -0.1) is 35.7 Å². The molecule has 1 aromatic rings.